The van der Waals surface area contributed by atoms with Crippen molar-refractivity contribution in [3.63, 3.8) is 0 Å². The minimum Gasteiger partial charge on any atom is -0.465 e. The molecule has 0 aliphatic heterocycles. The molecule has 0 spiro atoms. The second-order valence-electron chi connectivity index (χ2n) is 5.89. The van der Waals surface area contributed by atoms with Crippen LogP contribution in [0.1, 0.15) is 38.1 Å². The molecule has 2 N–H and O–H groups in total. The van der Waals surface area contributed by atoms with Crippen molar-refractivity contribution in [2.24, 2.45) is 5.41 Å². The van der Waals surface area contributed by atoms with E-state index in [-0.39, 0.29) is 22.3 Å². The molecule has 23 heavy (non-hydrogen) atoms. The minimum absolute atomic E-state index is 0.0826. The third kappa shape index (κ3) is 4.69. The van der Waals surface area contributed by atoms with Gasteiger partial charge in [-0.05, 0) is 45.9 Å². The summed E-state index contributed by atoms with van der Waals surface area (Å²) in [6.07, 6.45) is 0. The standard InChI is InChI=1S/C16H21ClN2O4/c1-9(2)18-14(21)16(3,4)15(22)19-12-8-10(13(20)23-5)6-7-11(12)17/h6-9H,1-5H3,(H,18,21)(H,19,22). The molecule has 0 bridgehead atoms. The molecule has 0 aliphatic rings. The average molecular weight is 341 g/mol. The maximum atomic E-state index is 12.4. The quantitative estimate of drug-likeness (QED) is 0.637. The predicted octanol–water partition coefficient (Wildman–Crippen LogP) is 2.62. The topological polar surface area (TPSA) is 84.5 Å². The predicted molar refractivity (Wildman–Crippen MR) is 88.5 cm³/mol. The second-order valence-corrected chi connectivity index (χ2v) is 6.30. The number of halogens is 1. The molecular formula is C16H21ClN2O4. The van der Waals surface area contributed by atoms with E-state index in [0.717, 1.165) is 0 Å². The molecule has 6 nitrogen and oxygen atoms in total. The van der Waals surface area contributed by atoms with Gasteiger partial charge in [-0.3, -0.25) is 9.59 Å². The highest BCUT2D eigenvalue weighted by molar-refractivity contribution is 6.34. The summed E-state index contributed by atoms with van der Waals surface area (Å²) >= 11 is 6.03. The van der Waals surface area contributed by atoms with Gasteiger partial charge >= 0.3 is 5.97 Å². The molecule has 0 heterocycles. The summed E-state index contributed by atoms with van der Waals surface area (Å²) in [5, 5.41) is 5.54. The summed E-state index contributed by atoms with van der Waals surface area (Å²) in [6, 6.07) is 4.29. The van der Waals surface area contributed by atoms with Crippen LogP contribution >= 0.6 is 11.6 Å². The van der Waals surface area contributed by atoms with E-state index in [1.54, 1.807) is 0 Å². The first-order chi connectivity index (χ1) is 10.6. The Kier molecular flexibility index (Phi) is 6.15. The Labute approximate surface area is 140 Å². The number of esters is 1. The molecule has 0 atom stereocenters. The van der Waals surface area contributed by atoms with Crippen molar-refractivity contribution >= 4 is 35.1 Å². The zero-order valence-electron chi connectivity index (χ0n) is 13.8. The number of carbonyl (C=O) groups excluding carboxylic acids is 3. The number of rotatable bonds is 5. The largest absolute Gasteiger partial charge is 0.465 e. The van der Waals surface area contributed by atoms with Gasteiger partial charge in [-0.25, -0.2) is 4.79 Å². The van der Waals surface area contributed by atoms with Crippen molar-refractivity contribution in [1.29, 1.82) is 0 Å². The summed E-state index contributed by atoms with van der Waals surface area (Å²) in [6.45, 7) is 6.64. The van der Waals surface area contributed by atoms with Gasteiger partial charge in [0, 0.05) is 6.04 Å². The second kappa shape index (κ2) is 7.46. The molecule has 126 valence electrons. The van der Waals surface area contributed by atoms with Gasteiger partial charge in [0.2, 0.25) is 11.8 Å². The van der Waals surface area contributed by atoms with Gasteiger partial charge < -0.3 is 15.4 Å². The normalized spacial score (nSPS) is 11.1. The van der Waals surface area contributed by atoms with E-state index >= 15 is 0 Å². The number of methoxy groups -OCH3 is 1. The van der Waals surface area contributed by atoms with Crippen LogP contribution in [0.3, 0.4) is 0 Å². The molecule has 1 aromatic rings. The van der Waals surface area contributed by atoms with Crippen LogP contribution in [0.4, 0.5) is 5.69 Å². The lowest BCUT2D eigenvalue weighted by atomic mass is 9.90. The SMILES string of the molecule is COC(=O)c1ccc(Cl)c(NC(=O)C(C)(C)C(=O)NC(C)C)c1. The Hall–Kier alpha value is -2.08. The van der Waals surface area contributed by atoms with Crippen LogP contribution in [0.5, 0.6) is 0 Å². The zero-order valence-corrected chi connectivity index (χ0v) is 14.6. The van der Waals surface area contributed by atoms with E-state index in [0.29, 0.717) is 0 Å². The highest BCUT2D eigenvalue weighted by Crippen LogP contribution is 2.26. The molecule has 0 saturated carbocycles. The third-order valence-electron chi connectivity index (χ3n) is 3.19. The highest BCUT2D eigenvalue weighted by Gasteiger charge is 2.36. The van der Waals surface area contributed by atoms with Crippen LogP contribution in [0.15, 0.2) is 18.2 Å². The number of anilines is 1. The summed E-state index contributed by atoms with van der Waals surface area (Å²) in [4.78, 5) is 36.1. The van der Waals surface area contributed by atoms with Crippen LogP contribution in [-0.2, 0) is 14.3 Å². The monoisotopic (exact) mass is 340 g/mol. The molecule has 0 aliphatic carbocycles. The van der Waals surface area contributed by atoms with Gasteiger partial charge in [0.15, 0.2) is 0 Å². The van der Waals surface area contributed by atoms with Crippen molar-refractivity contribution in [1.82, 2.24) is 5.32 Å². The Morgan fingerprint density at radius 3 is 2.30 bits per heavy atom. The number of hydrogen-bond donors (Lipinski definition) is 2. The molecule has 0 radical (unpaired) electrons. The fourth-order valence-electron chi connectivity index (χ4n) is 1.69. The number of nitrogens with one attached hydrogen (secondary N) is 2. The van der Waals surface area contributed by atoms with Crippen LogP contribution < -0.4 is 10.6 Å². The number of ether oxygens (including phenoxy) is 1. The molecular weight excluding hydrogens is 320 g/mol. The number of benzene rings is 1. The molecule has 0 saturated heterocycles. The Morgan fingerprint density at radius 2 is 1.78 bits per heavy atom. The van der Waals surface area contributed by atoms with E-state index in [1.165, 1.54) is 39.2 Å². The molecule has 7 heteroatoms. The maximum absolute atomic E-state index is 12.4. The summed E-state index contributed by atoms with van der Waals surface area (Å²) in [5.41, 5.74) is -0.809. The van der Waals surface area contributed by atoms with Gasteiger partial charge in [0.05, 0.1) is 23.4 Å². The number of hydrogen-bond acceptors (Lipinski definition) is 4. The van der Waals surface area contributed by atoms with Gasteiger partial charge in [0.1, 0.15) is 5.41 Å². The average Bonchev–Trinajstić information content (AvgIpc) is 2.47. The van der Waals surface area contributed by atoms with Crippen LogP contribution in [0, 0.1) is 5.41 Å². The van der Waals surface area contributed by atoms with Gasteiger partial charge in [-0.1, -0.05) is 11.6 Å². The van der Waals surface area contributed by atoms with E-state index in [4.69, 9.17) is 11.6 Å². The molecule has 0 fully saturated rings. The van der Waals surface area contributed by atoms with Gasteiger partial charge in [-0.15, -0.1) is 0 Å². The Morgan fingerprint density at radius 1 is 1.17 bits per heavy atom. The summed E-state index contributed by atoms with van der Waals surface area (Å²) < 4.78 is 4.63. The van der Waals surface area contributed by atoms with E-state index in [9.17, 15) is 14.4 Å². The van der Waals surface area contributed by atoms with E-state index in [2.05, 4.69) is 15.4 Å². The fraction of sp³-hybridized carbons (Fsp3) is 0.438. The van der Waals surface area contributed by atoms with Crippen molar-refractivity contribution in [2.75, 3.05) is 12.4 Å². The lowest BCUT2D eigenvalue weighted by Gasteiger charge is -2.24. The first kappa shape index (κ1) is 19.0. The smallest absolute Gasteiger partial charge is 0.337 e. The molecule has 1 rings (SSSR count). The van der Waals surface area contributed by atoms with Crippen LogP contribution in [0.2, 0.25) is 5.02 Å². The lowest BCUT2D eigenvalue weighted by molar-refractivity contribution is -0.138. The van der Waals surface area contributed by atoms with Crippen LogP contribution in [-0.4, -0.2) is 30.9 Å². The maximum Gasteiger partial charge on any atom is 0.337 e. The van der Waals surface area contributed by atoms with Crippen molar-refractivity contribution in [3.8, 4) is 0 Å². The summed E-state index contributed by atoms with van der Waals surface area (Å²) in [5.74, 6) is -1.47. The van der Waals surface area contributed by atoms with E-state index < -0.39 is 23.2 Å². The number of carbonyl (C=O) groups is 3. The minimum atomic E-state index is -1.30. The van der Waals surface area contributed by atoms with Crippen molar-refractivity contribution in [3.05, 3.63) is 28.8 Å². The Balaban J connectivity index is 3.00. The van der Waals surface area contributed by atoms with Gasteiger partial charge in [0.25, 0.3) is 0 Å². The van der Waals surface area contributed by atoms with Gasteiger partial charge in [-0.2, -0.15) is 0 Å². The van der Waals surface area contributed by atoms with E-state index in [1.807, 2.05) is 13.8 Å². The fourth-order valence-corrected chi connectivity index (χ4v) is 1.85. The summed E-state index contributed by atoms with van der Waals surface area (Å²) in [7, 11) is 1.26. The zero-order chi connectivity index (χ0) is 17.8. The van der Waals surface area contributed by atoms with Crippen molar-refractivity contribution in [2.45, 2.75) is 33.7 Å². The van der Waals surface area contributed by atoms with Crippen LogP contribution in [0.25, 0.3) is 0 Å². The highest BCUT2D eigenvalue weighted by atomic mass is 35.5. The molecule has 0 unspecified atom stereocenters. The third-order valence-corrected chi connectivity index (χ3v) is 3.52. The lowest BCUT2D eigenvalue weighted by Crippen LogP contribution is -2.47. The first-order valence-electron chi connectivity index (χ1n) is 7.10. The Bertz CT molecular complexity index is 627. The molecule has 1 aromatic carbocycles. The first-order valence-corrected chi connectivity index (χ1v) is 7.47. The molecule has 0 aromatic heterocycles. The van der Waals surface area contributed by atoms with Crippen molar-refractivity contribution < 1.29 is 19.1 Å². The number of amides is 2. The molecule has 2 amide bonds.